The van der Waals surface area contributed by atoms with Crippen LogP contribution in [0.1, 0.15) is 57.7 Å². The fraction of sp³-hybridized carbons (Fsp3) is 0.345. The first-order chi connectivity index (χ1) is 17.1. The molecule has 0 aliphatic carbocycles. The van der Waals surface area contributed by atoms with Gasteiger partial charge in [0.25, 0.3) is 11.8 Å². The van der Waals surface area contributed by atoms with Crippen molar-refractivity contribution in [1.82, 2.24) is 5.32 Å². The number of anilines is 2. The molecule has 2 aliphatic rings. The van der Waals surface area contributed by atoms with Gasteiger partial charge in [-0.2, -0.15) is 0 Å². The number of carbonyl (C=O) groups is 3. The van der Waals surface area contributed by atoms with Crippen molar-refractivity contribution in [2.75, 3.05) is 23.5 Å². The summed E-state index contributed by atoms with van der Waals surface area (Å²) < 4.78 is 5.71. The van der Waals surface area contributed by atoms with Gasteiger partial charge in [-0.1, -0.05) is 38.1 Å². The Morgan fingerprint density at radius 3 is 2.44 bits per heavy atom. The second-order valence-corrected chi connectivity index (χ2v) is 9.68. The first-order valence-corrected chi connectivity index (χ1v) is 12.3. The Labute approximate surface area is 212 Å². The van der Waals surface area contributed by atoms with Crippen LogP contribution in [0.4, 0.5) is 16.2 Å². The lowest BCUT2D eigenvalue weighted by Crippen LogP contribution is -2.54. The summed E-state index contributed by atoms with van der Waals surface area (Å²) in [6.45, 7) is 11.4. The molecule has 188 valence electrons. The average molecular weight is 488 g/mol. The molecule has 1 saturated heterocycles. The van der Waals surface area contributed by atoms with Gasteiger partial charge >= 0.3 is 6.03 Å². The fourth-order valence-electron chi connectivity index (χ4n) is 5.10. The van der Waals surface area contributed by atoms with E-state index in [1.807, 2.05) is 31.2 Å². The van der Waals surface area contributed by atoms with Gasteiger partial charge in [-0.25, -0.2) is 9.69 Å². The van der Waals surface area contributed by atoms with Crippen molar-refractivity contribution in [2.45, 2.75) is 53.0 Å². The van der Waals surface area contributed by atoms with Gasteiger partial charge in [0, 0.05) is 29.4 Å². The van der Waals surface area contributed by atoms with Crippen molar-refractivity contribution in [1.29, 1.82) is 0 Å². The summed E-state index contributed by atoms with van der Waals surface area (Å²) >= 11 is 0. The number of fused-ring (bicyclic) bond motifs is 1. The summed E-state index contributed by atoms with van der Waals surface area (Å²) in [6.07, 6.45) is 5.37. The molecule has 4 amide bonds. The van der Waals surface area contributed by atoms with Gasteiger partial charge in [0.15, 0.2) is 0 Å². The smallest absolute Gasteiger partial charge is 0.335 e. The van der Waals surface area contributed by atoms with E-state index in [9.17, 15) is 14.4 Å². The maximum atomic E-state index is 13.5. The molecule has 0 spiro atoms. The van der Waals surface area contributed by atoms with E-state index in [0.717, 1.165) is 40.3 Å². The van der Waals surface area contributed by atoms with Crippen molar-refractivity contribution >= 4 is 40.9 Å². The van der Waals surface area contributed by atoms with Gasteiger partial charge in [-0.05, 0) is 63.0 Å². The third-order valence-corrected chi connectivity index (χ3v) is 6.79. The lowest BCUT2D eigenvalue weighted by atomic mass is 9.87. The van der Waals surface area contributed by atoms with E-state index in [1.165, 1.54) is 6.08 Å². The minimum atomic E-state index is -0.753. The number of aryl methyl sites for hydroxylation is 1. The molecule has 2 aliphatic heterocycles. The molecule has 36 heavy (non-hydrogen) atoms. The van der Waals surface area contributed by atoms with E-state index < -0.39 is 17.8 Å². The molecule has 4 rings (SSSR count). The number of hydrogen-bond acceptors (Lipinski definition) is 5. The van der Waals surface area contributed by atoms with Gasteiger partial charge in [-0.3, -0.25) is 14.9 Å². The number of para-hydroxylation sites is 1. The van der Waals surface area contributed by atoms with Crippen LogP contribution in [0.2, 0.25) is 0 Å². The Morgan fingerprint density at radius 2 is 1.78 bits per heavy atom. The molecule has 2 aromatic rings. The third-order valence-electron chi connectivity index (χ3n) is 6.79. The van der Waals surface area contributed by atoms with Crippen LogP contribution in [0.15, 0.2) is 48.0 Å². The number of hydrogen-bond donors (Lipinski definition) is 1. The number of urea groups is 1. The van der Waals surface area contributed by atoms with Crippen LogP contribution in [0.3, 0.4) is 0 Å². The quantitative estimate of drug-likeness (QED) is 0.440. The molecular formula is C29H33N3O4. The van der Waals surface area contributed by atoms with E-state index in [0.29, 0.717) is 23.4 Å². The van der Waals surface area contributed by atoms with Crippen molar-refractivity contribution < 1.29 is 19.1 Å². The van der Waals surface area contributed by atoms with E-state index in [1.54, 1.807) is 19.2 Å². The van der Waals surface area contributed by atoms with Gasteiger partial charge in [0.1, 0.15) is 11.3 Å². The molecule has 1 fully saturated rings. The summed E-state index contributed by atoms with van der Waals surface area (Å²) in [5.74, 6) is -0.840. The predicted octanol–water partition coefficient (Wildman–Crippen LogP) is 5.34. The maximum Gasteiger partial charge on any atom is 0.335 e. The van der Waals surface area contributed by atoms with Gasteiger partial charge < -0.3 is 9.64 Å². The minimum Gasteiger partial charge on any atom is -0.496 e. The SMILES string of the molecule is CCCN1c2cc(OC)c(/C=C3/C(=O)NC(=O)N(c4ccccc4CC)C3=O)cc2C(C)=CC1(C)C. The molecule has 0 bridgehead atoms. The minimum absolute atomic E-state index is 0.123. The number of amides is 4. The second kappa shape index (κ2) is 9.64. The highest BCUT2D eigenvalue weighted by Gasteiger charge is 2.38. The fourth-order valence-corrected chi connectivity index (χ4v) is 5.10. The zero-order valence-corrected chi connectivity index (χ0v) is 21.8. The van der Waals surface area contributed by atoms with Crippen LogP contribution in [0.5, 0.6) is 5.75 Å². The number of nitrogens with zero attached hydrogens (tertiary/aromatic N) is 2. The second-order valence-electron chi connectivity index (χ2n) is 9.68. The van der Waals surface area contributed by atoms with Crippen molar-refractivity contribution in [3.8, 4) is 5.75 Å². The zero-order valence-electron chi connectivity index (χ0n) is 21.8. The normalized spacial score (nSPS) is 18.2. The van der Waals surface area contributed by atoms with Gasteiger partial charge in [0.05, 0.1) is 18.3 Å². The number of imide groups is 2. The molecule has 7 nitrogen and oxygen atoms in total. The Balaban J connectivity index is 1.84. The number of rotatable bonds is 6. The highest BCUT2D eigenvalue weighted by Crippen LogP contribution is 2.43. The van der Waals surface area contributed by atoms with Gasteiger partial charge in [0.2, 0.25) is 0 Å². The number of carbonyl (C=O) groups excluding carboxylic acids is 3. The number of nitrogens with one attached hydrogen (secondary N) is 1. The molecule has 1 N–H and O–H groups in total. The Hall–Kier alpha value is -3.87. The predicted molar refractivity (Wildman–Crippen MR) is 143 cm³/mol. The summed E-state index contributed by atoms with van der Waals surface area (Å²) in [6, 6.07) is 10.4. The number of barbiturate groups is 1. The number of benzene rings is 2. The molecule has 0 aromatic heterocycles. The number of allylic oxidation sites excluding steroid dienone is 1. The molecule has 0 saturated carbocycles. The van der Waals surface area contributed by atoms with Crippen LogP contribution in [-0.4, -0.2) is 37.0 Å². The van der Waals surface area contributed by atoms with Crippen molar-refractivity contribution in [2.24, 2.45) is 0 Å². The Bertz CT molecular complexity index is 1310. The molecule has 2 aromatic carbocycles. The van der Waals surface area contributed by atoms with E-state index >= 15 is 0 Å². The van der Waals surface area contributed by atoms with Crippen molar-refractivity contribution in [3.63, 3.8) is 0 Å². The van der Waals surface area contributed by atoms with E-state index in [4.69, 9.17) is 4.74 Å². The standard InChI is InChI=1S/C29H33N3O4/c1-7-13-31-24-16-25(36-6)20(14-21(24)18(3)17-29(31,4)5)15-22-26(33)30-28(35)32(27(22)34)23-12-10-9-11-19(23)8-2/h9-12,14-17H,7-8,13H2,1-6H3,(H,30,33,35)/b22-15-. The lowest BCUT2D eigenvalue weighted by molar-refractivity contribution is -0.122. The third kappa shape index (κ3) is 4.30. The first kappa shape index (κ1) is 25.2. The van der Waals surface area contributed by atoms with Crippen LogP contribution < -0.4 is 19.9 Å². The topological polar surface area (TPSA) is 79.0 Å². The lowest BCUT2D eigenvalue weighted by Gasteiger charge is -2.43. The monoisotopic (exact) mass is 487 g/mol. The summed E-state index contributed by atoms with van der Waals surface area (Å²) in [5.41, 5.74) is 4.79. The average Bonchev–Trinajstić information content (AvgIpc) is 2.84. The maximum absolute atomic E-state index is 13.5. The molecular weight excluding hydrogens is 454 g/mol. The van der Waals surface area contributed by atoms with E-state index in [2.05, 4.69) is 44.0 Å². The zero-order chi connectivity index (χ0) is 26.2. The Morgan fingerprint density at radius 1 is 1.06 bits per heavy atom. The molecule has 2 heterocycles. The van der Waals surface area contributed by atoms with E-state index in [-0.39, 0.29) is 11.1 Å². The molecule has 0 radical (unpaired) electrons. The largest absolute Gasteiger partial charge is 0.496 e. The van der Waals surface area contributed by atoms with Crippen LogP contribution >= 0.6 is 0 Å². The number of ether oxygens (including phenoxy) is 1. The van der Waals surface area contributed by atoms with Gasteiger partial charge in [-0.15, -0.1) is 0 Å². The highest BCUT2D eigenvalue weighted by atomic mass is 16.5. The summed E-state index contributed by atoms with van der Waals surface area (Å²) in [4.78, 5) is 42.4. The molecule has 7 heteroatoms. The summed E-state index contributed by atoms with van der Waals surface area (Å²) in [5, 5.41) is 2.32. The summed E-state index contributed by atoms with van der Waals surface area (Å²) in [7, 11) is 1.57. The van der Waals surface area contributed by atoms with Crippen LogP contribution in [-0.2, 0) is 16.0 Å². The first-order valence-electron chi connectivity index (χ1n) is 12.3. The molecule has 0 unspecified atom stereocenters. The van der Waals surface area contributed by atoms with Crippen LogP contribution in [0, 0.1) is 0 Å². The van der Waals surface area contributed by atoms with Crippen molar-refractivity contribution in [3.05, 3.63) is 64.7 Å². The molecule has 0 atom stereocenters. The number of methoxy groups -OCH3 is 1. The Kier molecular flexibility index (Phi) is 6.76. The van der Waals surface area contributed by atoms with Crippen LogP contribution in [0.25, 0.3) is 11.6 Å². The highest BCUT2D eigenvalue weighted by molar-refractivity contribution is 6.39.